The monoisotopic (exact) mass is 330 g/mol. The number of anilines is 1. The molecule has 0 atom stereocenters. The van der Waals surface area contributed by atoms with E-state index in [1.165, 1.54) is 0 Å². The van der Waals surface area contributed by atoms with E-state index in [0.717, 1.165) is 30.4 Å². The molecule has 0 aliphatic heterocycles. The van der Waals surface area contributed by atoms with Gasteiger partial charge in [0.25, 0.3) is 5.89 Å². The van der Waals surface area contributed by atoms with Crippen molar-refractivity contribution in [3.63, 3.8) is 0 Å². The van der Waals surface area contributed by atoms with Crippen LogP contribution < -0.4 is 10.6 Å². The molecule has 1 aliphatic rings. The van der Waals surface area contributed by atoms with Crippen LogP contribution in [0.2, 0.25) is 0 Å². The largest absolute Gasteiger partial charge is 0.388 e. The van der Waals surface area contributed by atoms with Crippen molar-refractivity contribution in [2.75, 3.05) is 11.9 Å². The van der Waals surface area contributed by atoms with E-state index in [-0.39, 0.29) is 12.6 Å². The Balaban J connectivity index is 1.68. The number of hydrogen-bond donors (Lipinski definition) is 3. The highest BCUT2D eigenvalue weighted by Crippen LogP contribution is 2.30. The van der Waals surface area contributed by atoms with Crippen LogP contribution in [0.5, 0.6) is 0 Å². The first-order chi connectivity index (χ1) is 11.5. The third-order valence-corrected chi connectivity index (χ3v) is 4.38. The van der Waals surface area contributed by atoms with Gasteiger partial charge in [0.1, 0.15) is 0 Å². The van der Waals surface area contributed by atoms with E-state index < -0.39 is 5.60 Å². The molecule has 1 saturated carbocycles. The summed E-state index contributed by atoms with van der Waals surface area (Å²) >= 11 is 0. The molecule has 3 N–H and O–H groups in total. The highest BCUT2D eigenvalue weighted by Gasteiger charge is 2.34. The summed E-state index contributed by atoms with van der Waals surface area (Å²) in [4.78, 5) is 16.4. The third kappa shape index (κ3) is 3.56. The summed E-state index contributed by atoms with van der Waals surface area (Å²) in [6, 6.07) is 5.23. The van der Waals surface area contributed by atoms with E-state index >= 15 is 0 Å². The van der Waals surface area contributed by atoms with Crippen LogP contribution in [0, 0.1) is 6.92 Å². The number of amides is 2. The molecule has 128 valence electrons. The molecule has 2 amide bonds. The van der Waals surface area contributed by atoms with Gasteiger partial charge >= 0.3 is 6.03 Å². The van der Waals surface area contributed by atoms with Crippen molar-refractivity contribution in [2.24, 2.45) is 0 Å². The number of carbonyl (C=O) groups is 1. The summed E-state index contributed by atoms with van der Waals surface area (Å²) in [6.45, 7) is 4.13. The molecule has 3 rings (SSSR count). The van der Waals surface area contributed by atoms with Gasteiger partial charge in [-0.1, -0.05) is 18.1 Å². The van der Waals surface area contributed by atoms with Crippen LogP contribution in [0.25, 0.3) is 11.5 Å². The second-order valence-corrected chi connectivity index (χ2v) is 6.28. The van der Waals surface area contributed by atoms with Gasteiger partial charge in [-0.3, -0.25) is 0 Å². The predicted molar refractivity (Wildman–Crippen MR) is 89.7 cm³/mol. The third-order valence-electron chi connectivity index (χ3n) is 4.38. The minimum Gasteiger partial charge on any atom is -0.388 e. The van der Waals surface area contributed by atoms with Gasteiger partial charge in [-0.05, 0) is 43.9 Å². The Morgan fingerprint density at radius 3 is 2.83 bits per heavy atom. The lowest BCUT2D eigenvalue weighted by Gasteiger charge is -2.36. The Labute approximate surface area is 140 Å². The van der Waals surface area contributed by atoms with Gasteiger partial charge in [0, 0.05) is 24.2 Å². The molecule has 1 aliphatic carbocycles. The number of hydrogen-bond acceptors (Lipinski definition) is 5. The van der Waals surface area contributed by atoms with E-state index in [2.05, 4.69) is 20.8 Å². The molecule has 7 nitrogen and oxygen atoms in total. The zero-order valence-corrected chi connectivity index (χ0v) is 13.9. The van der Waals surface area contributed by atoms with Crippen molar-refractivity contribution in [3.8, 4) is 11.5 Å². The Kier molecular flexibility index (Phi) is 4.53. The molecule has 0 radical (unpaired) electrons. The summed E-state index contributed by atoms with van der Waals surface area (Å²) in [5.41, 5.74) is 1.60. The molecule has 2 aromatic rings. The number of urea groups is 1. The van der Waals surface area contributed by atoms with Gasteiger partial charge in [0.05, 0.1) is 5.60 Å². The Morgan fingerprint density at radius 2 is 2.21 bits per heavy atom. The number of aromatic nitrogens is 2. The number of aryl methyl sites for hydroxylation is 2. The van der Waals surface area contributed by atoms with Crippen molar-refractivity contribution in [1.29, 1.82) is 0 Å². The van der Waals surface area contributed by atoms with Gasteiger partial charge in [-0.15, -0.1) is 0 Å². The summed E-state index contributed by atoms with van der Waals surface area (Å²) in [5.74, 6) is 1.07. The van der Waals surface area contributed by atoms with Crippen LogP contribution in [0.4, 0.5) is 10.5 Å². The first kappa shape index (κ1) is 16.4. The lowest BCUT2D eigenvalue weighted by Crippen LogP contribution is -2.48. The molecule has 1 heterocycles. The average Bonchev–Trinajstić information content (AvgIpc) is 3.02. The molecule has 0 unspecified atom stereocenters. The fourth-order valence-corrected chi connectivity index (χ4v) is 2.58. The molecule has 0 spiro atoms. The predicted octanol–water partition coefficient (Wildman–Crippen LogP) is 2.64. The quantitative estimate of drug-likeness (QED) is 0.782. The number of aliphatic hydroxyl groups is 1. The zero-order valence-electron chi connectivity index (χ0n) is 13.9. The van der Waals surface area contributed by atoms with Crippen LogP contribution in [-0.2, 0) is 6.42 Å². The van der Waals surface area contributed by atoms with Crippen LogP contribution in [0.3, 0.4) is 0 Å². The second kappa shape index (κ2) is 6.60. The van der Waals surface area contributed by atoms with Gasteiger partial charge in [0.2, 0.25) is 0 Å². The fraction of sp³-hybridized carbons (Fsp3) is 0.471. The summed E-state index contributed by atoms with van der Waals surface area (Å²) in [7, 11) is 0. The molecule has 24 heavy (non-hydrogen) atoms. The van der Waals surface area contributed by atoms with E-state index in [4.69, 9.17) is 4.52 Å². The number of carbonyl (C=O) groups excluding carboxylic acids is 1. The maximum absolute atomic E-state index is 12.1. The Bertz CT molecular complexity index is 737. The highest BCUT2D eigenvalue weighted by molar-refractivity contribution is 5.90. The van der Waals surface area contributed by atoms with Gasteiger partial charge < -0.3 is 20.3 Å². The Hall–Kier alpha value is -2.41. The van der Waals surface area contributed by atoms with Gasteiger partial charge in [0.15, 0.2) is 5.82 Å². The van der Waals surface area contributed by atoms with E-state index in [1.54, 1.807) is 6.07 Å². The molecule has 7 heteroatoms. The van der Waals surface area contributed by atoms with Crippen LogP contribution in [0.1, 0.15) is 37.6 Å². The second-order valence-electron chi connectivity index (χ2n) is 6.28. The Morgan fingerprint density at radius 1 is 1.42 bits per heavy atom. The molecular weight excluding hydrogens is 308 g/mol. The number of nitrogens with one attached hydrogen (secondary N) is 2. The normalized spacial score (nSPS) is 15.6. The highest BCUT2D eigenvalue weighted by atomic mass is 16.5. The zero-order chi connectivity index (χ0) is 17.2. The smallest absolute Gasteiger partial charge is 0.319 e. The average molecular weight is 330 g/mol. The first-order valence-electron chi connectivity index (χ1n) is 8.20. The fourth-order valence-electron chi connectivity index (χ4n) is 2.58. The molecule has 0 bridgehead atoms. The van der Waals surface area contributed by atoms with E-state index in [1.807, 2.05) is 26.0 Å². The number of nitrogens with zero attached hydrogens (tertiary/aromatic N) is 2. The molecular formula is C17H22N4O3. The number of benzene rings is 1. The standard InChI is InChI=1S/C17H22N4O3/c1-3-14-20-15(24-21-14)12-6-5-11(2)13(9-12)19-16(22)18-10-17(23)7-4-8-17/h5-6,9,23H,3-4,7-8,10H2,1-2H3,(H2,18,19,22). The summed E-state index contributed by atoms with van der Waals surface area (Å²) in [5, 5.41) is 19.4. The lowest BCUT2D eigenvalue weighted by molar-refractivity contribution is -0.0287. The van der Waals surface area contributed by atoms with Crippen LogP contribution in [0.15, 0.2) is 22.7 Å². The van der Waals surface area contributed by atoms with Gasteiger partial charge in [-0.25, -0.2) is 4.79 Å². The maximum atomic E-state index is 12.1. The van der Waals surface area contributed by atoms with E-state index in [0.29, 0.717) is 23.8 Å². The van der Waals surface area contributed by atoms with Crippen molar-refractivity contribution in [3.05, 3.63) is 29.6 Å². The van der Waals surface area contributed by atoms with Crippen molar-refractivity contribution in [2.45, 2.75) is 45.1 Å². The van der Waals surface area contributed by atoms with E-state index in [9.17, 15) is 9.90 Å². The van der Waals surface area contributed by atoms with Crippen molar-refractivity contribution < 1.29 is 14.4 Å². The molecule has 0 saturated heterocycles. The van der Waals surface area contributed by atoms with Crippen molar-refractivity contribution in [1.82, 2.24) is 15.5 Å². The molecule has 1 aromatic carbocycles. The number of rotatable bonds is 5. The van der Waals surface area contributed by atoms with Crippen molar-refractivity contribution >= 4 is 11.7 Å². The lowest BCUT2D eigenvalue weighted by atomic mass is 9.80. The molecule has 1 fully saturated rings. The SMILES string of the molecule is CCc1noc(-c2ccc(C)c(NC(=O)NCC3(O)CCC3)c2)n1. The minimum absolute atomic E-state index is 0.265. The topological polar surface area (TPSA) is 100 Å². The minimum atomic E-state index is -0.742. The molecule has 1 aromatic heterocycles. The van der Waals surface area contributed by atoms with Gasteiger partial charge in [-0.2, -0.15) is 4.98 Å². The summed E-state index contributed by atoms with van der Waals surface area (Å²) in [6.07, 6.45) is 3.17. The van der Waals surface area contributed by atoms with Crippen LogP contribution >= 0.6 is 0 Å². The van der Waals surface area contributed by atoms with Crippen LogP contribution in [-0.4, -0.2) is 33.4 Å². The first-order valence-corrected chi connectivity index (χ1v) is 8.20. The maximum Gasteiger partial charge on any atom is 0.319 e. The summed E-state index contributed by atoms with van der Waals surface area (Å²) < 4.78 is 5.23.